The zero-order valence-electron chi connectivity index (χ0n) is 17.9. The Bertz CT molecular complexity index is 1120. The van der Waals surface area contributed by atoms with Gasteiger partial charge in [-0.25, -0.2) is 24.9 Å². The zero-order chi connectivity index (χ0) is 20.5. The standard InChI is InChI=1S/C22H29N7/c1-14(2)18-11-24-21-22(27-18)28(12-25-21)8-6-7-16(5)17-9-19-20(23-10-17)26-13-29(19)15(3)4/h9-16H,6-8H2,1-5H3. The molecule has 0 saturated heterocycles. The lowest BCUT2D eigenvalue weighted by Gasteiger charge is -2.13. The van der Waals surface area contributed by atoms with Crippen LogP contribution in [0.5, 0.6) is 0 Å². The van der Waals surface area contributed by atoms with Crippen LogP contribution in [0.1, 0.15) is 76.6 Å². The van der Waals surface area contributed by atoms with Crippen molar-refractivity contribution in [2.75, 3.05) is 0 Å². The van der Waals surface area contributed by atoms with Crippen molar-refractivity contribution < 1.29 is 0 Å². The molecule has 0 fully saturated rings. The molecule has 7 nitrogen and oxygen atoms in total. The molecular weight excluding hydrogens is 362 g/mol. The maximum Gasteiger partial charge on any atom is 0.197 e. The van der Waals surface area contributed by atoms with Crippen molar-refractivity contribution in [1.29, 1.82) is 0 Å². The number of imidazole rings is 2. The van der Waals surface area contributed by atoms with Gasteiger partial charge in [0.2, 0.25) is 0 Å². The molecule has 4 aromatic heterocycles. The van der Waals surface area contributed by atoms with E-state index in [9.17, 15) is 0 Å². The minimum atomic E-state index is 0.358. The highest BCUT2D eigenvalue weighted by Gasteiger charge is 2.13. The highest BCUT2D eigenvalue weighted by atomic mass is 15.1. The van der Waals surface area contributed by atoms with Gasteiger partial charge in [-0.3, -0.25) is 0 Å². The SMILES string of the molecule is CC(C)c1cnc2ncn(CCCC(C)c3cnc4ncn(C(C)C)c4c3)c2n1. The molecule has 0 aromatic carbocycles. The summed E-state index contributed by atoms with van der Waals surface area (Å²) in [4.78, 5) is 22.6. The molecule has 0 N–H and O–H groups in total. The Hall–Kier alpha value is -2.83. The van der Waals surface area contributed by atoms with Gasteiger partial charge in [0.05, 0.1) is 30.1 Å². The number of hydrogen-bond acceptors (Lipinski definition) is 5. The Morgan fingerprint density at radius 2 is 1.66 bits per heavy atom. The second-order valence-corrected chi connectivity index (χ2v) is 8.43. The van der Waals surface area contributed by atoms with E-state index in [1.807, 2.05) is 25.0 Å². The highest BCUT2D eigenvalue weighted by molar-refractivity contribution is 5.71. The molecule has 152 valence electrons. The van der Waals surface area contributed by atoms with Gasteiger partial charge >= 0.3 is 0 Å². The van der Waals surface area contributed by atoms with Crippen LogP contribution in [0.2, 0.25) is 0 Å². The van der Waals surface area contributed by atoms with E-state index in [2.05, 4.69) is 69.8 Å². The van der Waals surface area contributed by atoms with E-state index in [1.165, 1.54) is 5.56 Å². The third kappa shape index (κ3) is 3.86. The lowest BCUT2D eigenvalue weighted by atomic mass is 9.97. The van der Waals surface area contributed by atoms with E-state index in [-0.39, 0.29) is 0 Å². The molecule has 0 spiro atoms. The number of aryl methyl sites for hydroxylation is 1. The van der Waals surface area contributed by atoms with Crippen LogP contribution >= 0.6 is 0 Å². The van der Waals surface area contributed by atoms with Crippen molar-refractivity contribution in [3.63, 3.8) is 0 Å². The molecule has 4 rings (SSSR count). The summed E-state index contributed by atoms with van der Waals surface area (Å²) in [5, 5.41) is 0. The maximum absolute atomic E-state index is 4.76. The molecule has 1 unspecified atom stereocenters. The maximum atomic E-state index is 4.76. The summed E-state index contributed by atoms with van der Waals surface area (Å²) >= 11 is 0. The smallest absolute Gasteiger partial charge is 0.197 e. The molecule has 4 aromatic rings. The zero-order valence-corrected chi connectivity index (χ0v) is 17.9. The summed E-state index contributed by atoms with van der Waals surface area (Å²) in [6, 6.07) is 2.62. The molecule has 0 bridgehead atoms. The fourth-order valence-electron chi connectivity index (χ4n) is 3.64. The normalized spacial score (nSPS) is 13.2. The lowest BCUT2D eigenvalue weighted by molar-refractivity contribution is 0.566. The summed E-state index contributed by atoms with van der Waals surface area (Å²) < 4.78 is 4.30. The summed E-state index contributed by atoms with van der Waals surface area (Å²) in [6.45, 7) is 11.8. The molecule has 1 atom stereocenters. The van der Waals surface area contributed by atoms with Crippen molar-refractivity contribution in [3.05, 3.63) is 42.4 Å². The van der Waals surface area contributed by atoms with Crippen molar-refractivity contribution in [2.24, 2.45) is 0 Å². The van der Waals surface area contributed by atoms with Crippen molar-refractivity contribution >= 4 is 22.5 Å². The quantitative estimate of drug-likeness (QED) is 0.450. The van der Waals surface area contributed by atoms with Crippen LogP contribution in [0, 0.1) is 0 Å². The first-order valence-corrected chi connectivity index (χ1v) is 10.4. The molecule has 0 amide bonds. The van der Waals surface area contributed by atoms with Crippen LogP contribution < -0.4 is 0 Å². The molecule has 0 saturated carbocycles. The van der Waals surface area contributed by atoms with E-state index >= 15 is 0 Å². The Balaban J connectivity index is 1.46. The van der Waals surface area contributed by atoms with E-state index in [0.29, 0.717) is 17.9 Å². The average Bonchev–Trinajstić information content (AvgIpc) is 3.31. The number of hydrogen-bond donors (Lipinski definition) is 0. The minimum Gasteiger partial charge on any atom is -0.327 e. The van der Waals surface area contributed by atoms with Gasteiger partial charge in [0.15, 0.2) is 16.9 Å². The van der Waals surface area contributed by atoms with Gasteiger partial charge in [-0.1, -0.05) is 20.8 Å². The van der Waals surface area contributed by atoms with Crippen LogP contribution in [-0.2, 0) is 6.54 Å². The lowest BCUT2D eigenvalue weighted by Crippen LogP contribution is -2.03. The van der Waals surface area contributed by atoms with E-state index in [4.69, 9.17) is 4.98 Å². The van der Waals surface area contributed by atoms with Gasteiger partial charge < -0.3 is 9.13 Å². The number of nitrogens with zero attached hydrogens (tertiary/aromatic N) is 7. The molecule has 7 heteroatoms. The van der Waals surface area contributed by atoms with E-state index in [1.54, 1.807) is 0 Å². The predicted octanol–water partition coefficient (Wildman–Crippen LogP) is 4.86. The summed E-state index contributed by atoms with van der Waals surface area (Å²) in [7, 11) is 0. The number of pyridine rings is 1. The number of fused-ring (bicyclic) bond motifs is 2. The minimum absolute atomic E-state index is 0.358. The third-order valence-corrected chi connectivity index (χ3v) is 5.55. The Kier molecular flexibility index (Phi) is 5.30. The van der Waals surface area contributed by atoms with Crippen molar-refractivity contribution in [1.82, 2.24) is 34.1 Å². The molecule has 0 aliphatic heterocycles. The van der Waals surface area contributed by atoms with E-state index in [0.717, 1.165) is 47.5 Å². The fourth-order valence-corrected chi connectivity index (χ4v) is 3.64. The highest BCUT2D eigenvalue weighted by Crippen LogP contribution is 2.25. The average molecular weight is 392 g/mol. The van der Waals surface area contributed by atoms with Gasteiger partial charge in [0.25, 0.3) is 0 Å². The Morgan fingerprint density at radius 3 is 2.41 bits per heavy atom. The second-order valence-electron chi connectivity index (χ2n) is 8.43. The number of aromatic nitrogens is 7. The van der Waals surface area contributed by atoms with E-state index < -0.39 is 0 Å². The van der Waals surface area contributed by atoms with Crippen molar-refractivity contribution in [3.8, 4) is 0 Å². The molecule has 0 radical (unpaired) electrons. The fraction of sp³-hybridized carbons (Fsp3) is 0.500. The van der Waals surface area contributed by atoms with Crippen LogP contribution in [0.15, 0.2) is 31.1 Å². The third-order valence-electron chi connectivity index (χ3n) is 5.55. The van der Waals surface area contributed by atoms with Gasteiger partial charge in [-0.05, 0) is 50.2 Å². The molecule has 0 aliphatic rings. The summed E-state index contributed by atoms with van der Waals surface area (Å²) in [5.41, 5.74) is 5.80. The first-order chi connectivity index (χ1) is 13.9. The molecular formula is C22H29N7. The molecule has 0 aliphatic carbocycles. The molecule has 4 heterocycles. The van der Waals surface area contributed by atoms with Crippen molar-refractivity contribution in [2.45, 2.75) is 71.9 Å². The monoisotopic (exact) mass is 391 g/mol. The Morgan fingerprint density at radius 1 is 0.897 bits per heavy atom. The second kappa shape index (κ2) is 7.89. The van der Waals surface area contributed by atoms with Crippen LogP contribution in [0.3, 0.4) is 0 Å². The largest absolute Gasteiger partial charge is 0.327 e. The number of rotatable bonds is 7. The van der Waals surface area contributed by atoms with Crippen LogP contribution in [0.25, 0.3) is 22.5 Å². The first-order valence-electron chi connectivity index (χ1n) is 10.4. The molecule has 29 heavy (non-hydrogen) atoms. The topological polar surface area (TPSA) is 74.3 Å². The van der Waals surface area contributed by atoms with Gasteiger partial charge in [0, 0.05) is 18.8 Å². The first kappa shape index (κ1) is 19.5. The van der Waals surface area contributed by atoms with Crippen LogP contribution in [-0.4, -0.2) is 34.1 Å². The van der Waals surface area contributed by atoms with Gasteiger partial charge in [-0.2, -0.15) is 0 Å². The van der Waals surface area contributed by atoms with Gasteiger partial charge in [0.1, 0.15) is 0 Å². The predicted molar refractivity (Wildman–Crippen MR) is 115 cm³/mol. The Labute approximate surface area is 171 Å². The summed E-state index contributed by atoms with van der Waals surface area (Å²) in [5.74, 6) is 0.784. The summed E-state index contributed by atoms with van der Waals surface area (Å²) in [6.07, 6.45) is 9.65. The van der Waals surface area contributed by atoms with Crippen LogP contribution in [0.4, 0.5) is 0 Å². The van der Waals surface area contributed by atoms with Gasteiger partial charge in [-0.15, -0.1) is 0 Å².